The molecule has 6 heteroatoms. The van der Waals surface area contributed by atoms with Gasteiger partial charge in [0.25, 0.3) is 0 Å². The molecule has 2 unspecified atom stereocenters. The summed E-state index contributed by atoms with van der Waals surface area (Å²) >= 11 is 0. The summed E-state index contributed by atoms with van der Waals surface area (Å²) in [5.41, 5.74) is 5.85. The van der Waals surface area contributed by atoms with Crippen molar-refractivity contribution in [2.24, 2.45) is 11.7 Å². The highest BCUT2D eigenvalue weighted by molar-refractivity contribution is 5.79. The maximum Gasteiger partial charge on any atom is 0.233 e. The first kappa shape index (κ1) is 15.3. The Morgan fingerprint density at radius 2 is 1.90 bits per heavy atom. The number of piperidine rings is 1. The van der Waals surface area contributed by atoms with Gasteiger partial charge in [-0.1, -0.05) is 0 Å². The van der Waals surface area contributed by atoms with Crippen LogP contribution in [0.4, 0.5) is 0 Å². The molecule has 0 radical (unpaired) electrons. The lowest BCUT2D eigenvalue weighted by atomic mass is 10.0. The standard InChI is InChI=1S/C14H26N4O2/c1-16-13(19)9-18-6-4-12(5-7-18)17-14(20)10-2-3-11(15)8-10/h10-12H,2-9,15H2,1H3,(H,16,19)(H,17,20). The lowest BCUT2D eigenvalue weighted by molar-refractivity contribution is -0.126. The maximum atomic E-state index is 12.1. The van der Waals surface area contributed by atoms with Crippen LogP contribution in [0.2, 0.25) is 0 Å². The summed E-state index contributed by atoms with van der Waals surface area (Å²) in [6, 6.07) is 0.445. The zero-order valence-corrected chi connectivity index (χ0v) is 12.2. The van der Waals surface area contributed by atoms with E-state index in [9.17, 15) is 9.59 Å². The fourth-order valence-electron chi connectivity index (χ4n) is 3.09. The van der Waals surface area contributed by atoms with Gasteiger partial charge in [-0.2, -0.15) is 0 Å². The third-order valence-electron chi connectivity index (χ3n) is 4.42. The van der Waals surface area contributed by atoms with Crippen molar-refractivity contribution in [2.45, 2.75) is 44.2 Å². The van der Waals surface area contributed by atoms with E-state index in [1.165, 1.54) is 0 Å². The van der Waals surface area contributed by atoms with E-state index in [2.05, 4.69) is 15.5 Å². The molecule has 1 saturated carbocycles. The molecule has 2 atom stereocenters. The summed E-state index contributed by atoms with van der Waals surface area (Å²) in [7, 11) is 1.65. The van der Waals surface area contributed by atoms with Crippen LogP contribution in [0.15, 0.2) is 0 Å². The number of amides is 2. The molecule has 4 N–H and O–H groups in total. The summed E-state index contributed by atoms with van der Waals surface area (Å²) in [4.78, 5) is 25.6. The molecule has 20 heavy (non-hydrogen) atoms. The molecule has 0 aromatic heterocycles. The van der Waals surface area contributed by atoms with Gasteiger partial charge in [0.2, 0.25) is 11.8 Å². The van der Waals surface area contributed by atoms with Gasteiger partial charge in [-0.15, -0.1) is 0 Å². The number of nitrogens with one attached hydrogen (secondary N) is 2. The third kappa shape index (κ3) is 4.18. The Morgan fingerprint density at radius 3 is 2.45 bits per heavy atom. The number of rotatable bonds is 4. The van der Waals surface area contributed by atoms with Crippen LogP contribution in [0.1, 0.15) is 32.1 Å². The molecule has 0 aromatic carbocycles. The Hall–Kier alpha value is -1.14. The van der Waals surface area contributed by atoms with Gasteiger partial charge >= 0.3 is 0 Å². The van der Waals surface area contributed by atoms with E-state index in [0.29, 0.717) is 6.54 Å². The molecule has 2 aliphatic rings. The van der Waals surface area contributed by atoms with E-state index in [0.717, 1.165) is 45.2 Å². The number of carbonyl (C=O) groups excluding carboxylic acids is 2. The summed E-state index contributed by atoms with van der Waals surface area (Å²) in [5.74, 6) is 0.323. The van der Waals surface area contributed by atoms with E-state index in [1.54, 1.807) is 7.05 Å². The van der Waals surface area contributed by atoms with Crippen LogP contribution in [-0.2, 0) is 9.59 Å². The predicted octanol–water partition coefficient (Wildman–Crippen LogP) is -0.560. The second-order valence-corrected chi connectivity index (χ2v) is 6.00. The number of hydrogen-bond donors (Lipinski definition) is 3. The van der Waals surface area contributed by atoms with Gasteiger partial charge in [-0.25, -0.2) is 0 Å². The lowest BCUT2D eigenvalue weighted by Gasteiger charge is -2.32. The van der Waals surface area contributed by atoms with Crippen LogP contribution in [0.25, 0.3) is 0 Å². The number of likely N-dealkylation sites (N-methyl/N-ethyl adjacent to an activating group) is 1. The molecule has 2 rings (SSSR count). The maximum absolute atomic E-state index is 12.1. The second-order valence-electron chi connectivity index (χ2n) is 6.00. The highest BCUT2D eigenvalue weighted by Crippen LogP contribution is 2.24. The van der Waals surface area contributed by atoms with Crippen molar-refractivity contribution < 1.29 is 9.59 Å². The average Bonchev–Trinajstić information content (AvgIpc) is 2.87. The molecule has 0 aromatic rings. The van der Waals surface area contributed by atoms with Crippen molar-refractivity contribution in [3.05, 3.63) is 0 Å². The summed E-state index contributed by atoms with van der Waals surface area (Å²) in [5, 5.41) is 5.78. The number of likely N-dealkylation sites (tertiary alicyclic amines) is 1. The zero-order chi connectivity index (χ0) is 14.5. The fourth-order valence-corrected chi connectivity index (χ4v) is 3.09. The first-order valence-corrected chi connectivity index (χ1v) is 7.57. The normalized spacial score (nSPS) is 28.3. The fraction of sp³-hybridized carbons (Fsp3) is 0.857. The van der Waals surface area contributed by atoms with Crippen LogP contribution in [-0.4, -0.2) is 55.5 Å². The van der Waals surface area contributed by atoms with Gasteiger partial charge < -0.3 is 16.4 Å². The molecule has 1 aliphatic carbocycles. The van der Waals surface area contributed by atoms with E-state index < -0.39 is 0 Å². The first-order chi connectivity index (χ1) is 9.58. The van der Waals surface area contributed by atoms with Crippen molar-refractivity contribution in [1.29, 1.82) is 0 Å². The van der Waals surface area contributed by atoms with Gasteiger partial charge in [0.05, 0.1) is 6.54 Å². The molecule has 1 aliphatic heterocycles. The molecule has 2 fully saturated rings. The molecule has 0 spiro atoms. The molecular weight excluding hydrogens is 256 g/mol. The van der Waals surface area contributed by atoms with Crippen molar-refractivity contribution in [1.82, 2.24) is 15.5 Å². The quantitative estimate of drug-likeness (QED) is 0.645. The molecule has 1 heterocycles. The minimum Gasteiger partial charge on any atom is -0.358 e. The highest BCUT2D eigenvalue weighted by atomic mass is 16.2. The predicted molar refractivity (Wildman–Crippen MR) is 77.0 cm³/mol. The minimum atomic E-state index is 0.0485. The van der Waals surface area contributed by atoms with Crippen LogP contribution in [0.3, 0.4) is 0 Å². The van der Waals surface area contributed by atoms with Crippen molar-refractivity contribution in [3.63, 3.8) is 0 Å². The van der Waals surface area contributed by atoms with Gasteiger partial charge in [0.15, 0.2) is 0 Å². The van der Waals surface area contributed by atoms with E-state index in [4.69, 9.17) is 5.73 Å². The van der Waals surface area contributed by atoms with Crippen molar-refractivity contribution in [3.8, 4) is 0 Å². The topological polar surface area (TPSA) is 87.5 Å². The number of carbonyl (C=O) groups is 2. The van der Waals surface area contributed by atoms with E-state index in [1.807, 2.05) is 0 Å². The van der Waals surface area contributed by atoms with Gasteiger partial charge in [0, 0.05) is 38.1 Å². The number of nitrogens with zero attached hydrogens (tertiary/aromatic N) is 1. The third-order valence-corrected chi connectivity index (χ3v) is 4.42. The average molecular weight is 282 g/mol. The van der Waals surface area contributed by atoms with Crippen LogP contribution in [0, 0.1) is 5.92 Å². The van der Waals surface area contributed by atoms with E-state index >= 15 is 0 Å². The van der Waals surface area contributed by atoms with Gasteiger partial charge in [-0.3, -0.25) is 14.5 Å². The minimum absolute atomic E-state index is 0.0485. The molecule has 6 nitrogen and oxygen atoms in total. The Morgan fingerprint density at radius 1 is 1.20 bits per heavy atom. The lowest BCUT2D eigenvalue weighted by Crippen LogP contribution is -2.48. The Balaban J connectivity index is 1.69. The molecule has 1 saturated heterocycles. The Bertz CT molecular complexity index is 353. The smallest absolute Gasteiger partial charge is 0.233 e. The molecule has 114 valence electrons. The van der Waals surface area contributed by atoms with E-state index in [-0.39, 0.29) is 29.8 Å². The second kappa shape index (κ2) is 7.04. The highest BCUT2D eigenvalue weighted by Gasteiger charge is 2.30. The Labute approximate surface area is 120 Å². The van der Waals surface area contributed by atoms with Crippen LogP contribution < -0.4 is 16.4 Å². The van der Waals surface area contributed by atoms with Crippen LogP contribution in [0.5, 0.6) is 0 Å². The Kier molecular flexibility index (Phi) is 5.37. The van der Waals surface area contributed by atoms with Gasteiger partial charge in [-0.05, 0) is 32.1 Å². The monoisotopic (exact) mass is 282 g/mol. The largest absolute Gasteiger partial charge is 0.358 e. The van der Waals surface area contributed by atoms with Crippen LogP contribution >= 0.6 is 0 Å². The summed E-state index contributed by atoms with van der Waals surface area (Å²) < 4.78 is 0. The molecular formula is C14H26N4O2. The molecule has 2 amide bonds. The first-order valence-electron chi connectivity index (χ1n) is 7.57. The summed E-state index contributed by atoms with van der Waals surface area (Å²) in [6.07, 6.45) is 4.54. The SMILES string of the molecule is CNC(=O)CN1CCC(NC(=O)C2CCC(N)C2)CC1. The number of nitrogens with two attached hydrogens (primary N) is 1. The van der Waals surface area contributed by atoms with Crippen molar-refractivity contribution in [2.75, 3.05) is 26.7 Å². The summed E-state index contributed by atoms with van der Waals surface area (Å²) in [6.45, 7) is 2.18. The molecule has 0 bridgehead atoms. The number of hydrogen-bond acceptors (Lipinski definition) is 4. The van der Waals surface area contributed by atoms with Gasteiger partial charge in [0.1, 0.15) is 0 Å². The zero-order valence-electron chi connectivity index (χ0n) is 12.2. The van der Waals surface area contributed by atoms with Crippen molar-refractivity contribution >= 4 is 11.8 Å².